The Morgan fingerprint density at radius 2 is 0.965 bits per heavy atom. The molecule has 0 saturated heterocycles. The first kappa shape index (κ1) is 54.2. The summed E-state index contributed by atoms with van der Waals surface area (Å²) in [7, 11) is 1.28. The molecule has 0 aromatic rings. The lowest BCUT2D eigenvalue weighted by atomic mass is 10.1. The number of esters is 1. The van der Waals surface area contributed by atoms with E-state index in [0.717, 1.165) is 83.5 Å². The quantitative estimate of drug-likeness (QED) is 0.0201. The van der Waals surface area contributed by atoms with E-state index in [4.69, 9.17) is 18.5 Å². The van der Waals surface area contributed by atoms with Gasteiger partial charge in [-0.25, -0.2) is 0 Å². The number of allylic oxidation sites excluding steroid dienone is 18. The van der Waals surface area contributed by atoms with E-state index in [1.807, 2.05) is 33.3 Å². The molecule has 0 saturated carbocycles. The maximum Gasteiger partial charge on any atom is 0.306 e. The third-order valence-electron chi connectivity index (χ3n) is 8.33. The molecule has 0 radical (unpaired) electrons. The molecule has 0 bridgehead atoms. The molecule has 0 heterocycles. The molecular formula is C48H80NO7P. The van der Waals surface area contributed by atoms with Crippen molar-refractivity contribution in [3.8, 4) is 0 Å². The van der Waals surface area contributed by atoms with Gasteiger partial charge in [-0.3, -0.25) is 9.36 Å². The van der Waals surface area contributed by atoms with Crippen LogP contribution < -0.4 is 4.89 Å². The summed E-state index contributed by atoms with van der Waals surface area (Å²) in [4.78, 5) is 25.0. The Kier molecular flexibility index (Phi) is 38.0. The van der Waals surface area contributed by atoms with Crippen LogP contribution in [0.4, 0.5) is 0 Å². The van der Waals surface area contributed by atoms with Crippen LogP contribution in [0.15, 0.2) is 109 Å². The van der Waals surface area contributed by atoms with Crippen LogP contribution in [0, 0.1) is 0 Å². The van der Waals surface area contributed by atoms with Crippen LogP contribution in [0.25, 0.3) is 0 Å². The Labute approximate surface area is 349 Å². The van der Waals surface area contributed by atoms with Crippen molar-refractivity contribution in [2.75, 3.05) is 54.1 Å². The molecule has 2 atom stereocenters. The monoisotopic (exact) mass is 814 g/mol. The van der Waals surface area contributed by atoms with Gasteiger partial charge in [0.2, 0.25) is 0 Å². The first-order valence-electron chi connectivity index (χ1n) is 21.6. The Balaban J connectivity index is 4.34. The number of quaternary nitrogens is 1. The van der Waals surface area contributed by atoms with Gasteiger partial charge in [-0.2, -0.15) is 0 Å². The number of likely N-dealkylation sites (N-methyl/N-ethyl adjacent to an activating group) is 1. The average molecular weight is 814 g/mol. The molecule has 0 fully saturated rings. The SMILES string of the molecule is CC/C=C\C/C=C\C/C=C\C/C=C\C/C=C\CCCCCCCCOCC(COP(=O)([O-])OCC[N+](C)(C)C)OC(=O)CC/C=C\C/C=C\C/C=C\C/C=C\CC. The van der Waals surface area contributed by atoms with E-state index in [1.165, 1.54) is 19.3 Å². The summed E-state index contributed by atoms with van der Waals surface area (Å²) in [5, 5.41) is 0. The lowest BCUT2D eigenvalue weighted by Crippen LogP contribution is -2.37. The summed E-state index contributed by atoms with van der Waals surface area (Å²) < 4.78 is 34.4. The fourth-order valence-corrected chi connectivity index (χ4v) is 5.78. The number of phosphoric acid groups is 1. The molecule has 0 spiro atoms. The molecule has 324 valence electrons. The van der Waals surface area contributed by atoms with E-state index in [2.05, 4.69) is 111 Å². The van der Waals surface area contributed by atoms with Crippen LogP contribution >= 0.6 is 7.82 Å². The summed E-state index contributed by atoms with van der Waals surface area (Å²) in [6.45, 7) is 5.00. The molecule has 9 heteroatoms. The summed E-state index contributed by atoms with van der Waals surface area (Å²) in [6, 6.07) is 0. The Bertz CT molecular complexity index is 1270. The molecule has 0 aliphatic heterocycles. The Morgan fingerprint density at radius 1 is 0.544 bits per heavy atom. The first-order chi connectivity index (χ1) is 27.6. The van der Waals surface area contributed by atoms with Crippen LogP contribution in [-0.2, 0) is 27.9 Å². The average Bonchev–Trinajstić information content (AvgIpc) is 3.16. The van der Waals surface area contributed by atoms with Crippen LogP contribution in [-0.4, -0.2) is 70.7 Å². The van der Waals surface area contributed by atoms with Crippen LogP contribution in [0.2, 0.25) is 0 Å². The number of carbonyl (C=O) groups is 1. The van der Waals surface area contributed by atoms with Crippen LogP contribution in [0.1, 0.15) is 129 Å². The van der Waals surface area contributed by atoms with E-state index in [0.29, 0.717) is 24.1 Å². The molecular weight excluding hydrogens is 734 g/mol. The molecule has 0 aromatic heterocycles. The number of nitrogens with zero attached hydrogens (tertiary/aromatic N) is 1. The maximum absolute atomic E-state index is 12.6. The number of phosphoric ester groups is 1. The lowest BCUT2D eigenvalue weighted by Gasteiger charge is -2.28. The molecule has 0 aromatic carbocycles. The van der Waals surface area contributed by atoms with Gasteiger partial charge in [-0.15, -0.1) is 0 Å². The van der Waals surface area contributed by atoms with E-state index < -0.39 is 19.9 Å². The van der Waals surface area contributed by atoms with Gasteiger partial charge in [0.25, 0.3) is 7.82 Å². The maximum atomic E-state index is 12.6. The highest BCUT2D eigenvalue weighted by Gasteiger charge is 2.20. The van der Waals surface area contributed by atoms with E-state index in [1.54, 1.807) is 0 Å². The number of carbonyl (C=O) groups excluding carboxylic acids is 1. The zero-order chi connectivity index (χ0) is 42.0. The van der Waals surface area contributed by atoms with Crippen molar-refractivity contribution >= 4 is 13.8 Å². The molecule has 2 unspecified atom stereocenters. The summed E-state index contributed by atoms with van der Waals surface area (Å²) >= 11 is 0. The van der Waals surface area contributed by atoms with Gasteiger partial charge in [0.15, 0.2) is 0 Å². The van der Waals surface area contributed by atoms with Gasteiger partial charge in [0.1, 0.15) is 19.3 Å². The zero-order valence-electron chi connectivity index (χ0n) is 36.5. The molecule has 0 amide bonds. The van der Waals surface area contributed by atoms with Crippen molar-refractivity contribution in [3.63, 3.8) is 0 Å². The van der Waals surface area contributed by atoms with Crippen molar-refractivity contribution in [2.24, 2.45) is 0 Å². The van der Waals surface area contributed by atoms with Crippen molar-refractivity contribution < 1.29 is 37.3 Å². The topological polar surface area (TPSA) is 94.1 Å². The Hall–Kier alpha value is -2.84. The minimum absolute atomic E-state index is 0.00345. The molecule has 0 N–H and O–H groups in total. The molecule has 0 aliphatic rings. The van der Waals surface area contributed by atoms with Gasteiger partial charge in [0, 0.05) is 13.0 Å². The van der Waals surface area contributed by atoms with E-state index >= 15 is 0 Å². The third kappa shape index (κ3) is 44.1. The number of unbranched alkanes of at least 4 members (excludes halogenated alkanes) is 6. The van der Waals surface area contributed by atoms with Gasteiger partial charge < -0.3 is 27.9 Å². The van der Waals surface area contributed by atoms with Crippen molar-refractivity contribution in [1.82, 2.24) is 0 Å². The van der Waals surface area contributed by atoms with Crippen molar-refractivity contribution in [2.45, 2.75) is 136 Å². The minimum atomic E-state index is -4.55. The zero-order valence-corrected chi connectivity index (χ0v) is 37.4. The number of ether oxygens (including phenoxy) is 2. The standard InChI is InChI=1S/C48H80NO7P/c1-6-8-10-12-14-16-18-20-21-22-23-24-25-26-27-28-30-32-34-36-38-40-43-53-45-47(46-55-57(51,52)54-44-42-49(3,4)5)56-48(50)41-39-37-35-33-31-29-19-17-15-13-11-9-7-2/h8-11,14-17,20-21,23-24,26-27,29,31,35,37,47H,6-7,12-13,18-19,22,25,28,30,32-34,36,38-46H2,1-5H3/b10-8-,11-9-,16-14-,17-15-,21-20-,24-23-,27-26-,31-29-,37-35-. The minimum Gasteiger partial charge on any atom is -0.756 e. The fraction of sp³-hybridized carbons (Fsp3) is 0.604. The summed E-state index contributed by atoms with van der Waals surface area (Å²) in [5.41, 5.74) is 0. The van der Waals surface area contributed by atoms with E-state index in [9.17, 15) is 14.3 Å². The second-order valence-corrected chi connectivity index (χ2v) is 16.3. The van der Waals surface area contributed by atoms with Gasteiger partial charge in [0.05, 0.1) is 34.4 Å². The molecule has 0 aliphatic carbocycles. The Morgan fingerprint density at radius 3 is 1.44 bits per heavy atom. The molecule has 8 nitrogen and oxygen atoms in total. The second-order valence-electron chi connectivity index (χ2n) is 14.9. The van der Waals surface area contributed by atoms with Crippen LogP contribution in [0.5, 0.6) is 0 Å². The number of hydrogen-bond acceptors (Lipinski definition) is 7. The largest absolute Gasteiger partial charge is 0.756 e. The summed E-state index contributed by atoms with van der Waals surface area (Å²) in [6.07, 6.45) is 55.5. The van der Waals surface area contributed by atoms with E-state index in [-0.39, 0.29) is 26.2 Å². The highest BCUT2D eigenvalue weighted by molar-refractivity contribution is 7.45. The normalized spacial score (nSPS) is 14.8. The third-order valence-corrected chi connectivity index (χ3v) is 9.30. The number of rotatable bonds is 38. The predicted molar refractivity (Wildman–Crippen MR) is 240 cm³/mol. The van der Waals surface area contributed by atoms with Crippen LogP contribution in [0.3, 0.4) is 0 Å². The molecule has 0 rings (SSSR count). The lowest BCUT2D eigenvalue weighted by molar-refractivity contribution is -0.870. The van der Waals surface area contributed by atoms with Crippen molar-refractivity contribution in [1.29, 1.82) is 0 Å². The summed E-state index contributed by atoms with van der Waals surface area (Å²) in [5.74, 6) is -0.425. The van der Waals surface area contributed by atoms with Crippen molar-refractivity contribution in [3.05, 3.63) is 109 Å². The van der Waals surface area contributed by atoms with Gasteiger partial charge >= 0.3 is 5.97 Å². The number of hydrogen-bond donors (Lipinski definition) is 0. The first-order valence-corrected chi connectivity index (χ1v) is 23.1. The highest BCUT2D eigenvalue weighted by Crippen LogP contribution is 2.38. The predicted octanol–water partition coefficient (Wildman–Crippen LogP) is 12.2. The molecule has 57 heavy (non-hydrogen) atoms. The smallest absolute Gasteiger partial charge is 0.306 e. The second kappa shape index (κ2) is 40.0. The fourth-order valence-electron chi connectivity index (χ4n) is 5.05. The highest BCUT2D eigenvalue weighted by atomic mass is 31.2. The van der Waals surface area contributed by atoms with Gasteiger partial charge in [-0.05, 0) is 83.5 Å². The van der Waals surface area contributed by atoms with Gasteiger partial charge in [-0.1, -0.05) is 149 Å².